The van der Waals surface area contributed by atoms with Crippen LogP contribution in [0.2, 0.25) is 0 Å². The number of phenols is 1. The summed E-state index contributed by atoms with van der Waals surface area (Å²) in [6.07, 6.45) is 0. The predicted octanol–water partition coefficient (Wildman–Crippen LogP) is 3.00. The van der Waals surface area contributed by atoms with E-state index < -0.39 is 23.2 Å². The van der Waals surface area contributed by atoms with E-state index in [1.807, 2.05) is 0 Å². The highest BCUT2D eigenvalue weighted by Gasteiger charge is 2.35. The zero-order chi connectivity index (χ0) is 19.1. The summed E-state index contributed by atoms with van der Waals surface area (Å²) < 4.78 is 0. The Balaban J connectivity index is 1.84. The first-order valence-corrected chi connectivity index (χ1v) is 8.19. The number of carbonyl (C=O) groups excluding carboxylic acids is 3. The number of aromatic hydroxyl groups is 1. The molecular weight excluding hydrogens is 344 g/mol. The van der Waals surface area contributed by atoms with Gasteiger partial charge in [-0.3, -0.25) is 14.4 Å². The molecule has 0 fully saturated rings. The number of para-hydroxylation sites is 1. The van der Waals surface area contributed by atoms with E-state index in [1.165, 1.54) is 12.1 Å². The lowest BCUT2D eigenvalue weighted by atomic mass is 9.81. The fraction of sp³-hybridized carbons (Fsp3) is 0. The molecule has 0 bridgehead atoms. The van der Waals surface area contributed by atoms with Crippen LogP contribution in [0.25, 0.3) is 0 Å². The molecule has 0 aromatic heterocycles. The first kappa shape index (κ1) is 16.5. The predicted molar refractivity (Wildman–Crippen MR) is 100 cm³/mol. The molecule has 6 heteroatoms. The Morgan fingerprint density at radius 1 is 0.852 bits per heavy atom. The number of fused-ring (bicyclic) bond motifs is 2. The maximum Gasteiger partial charge on any atom is 0.257 e. The minimum atomic E-state index is -0.587. The van der Waals surface area contributed by atoms with Gasteiger partial charge in [0.25, 0.3) is 5.91 Å². The molecule has 4 rings (SSSR count). The molecule has 1 aliphatic carbocycles. The maximum atomic E-state index is 12.9. The van der Waals surface area contributed by atoms with Crippen molar-refractivity contribution in [3.63, 3.8) is 0 Å². The molecule has 1 amide bonds. The maximum absolute atomic E-state index is 12.9. The molecule has 0 saturated carbocycles. The summed E-state index contributed by atoms with van der Waals surface area (Å²) in [7, 11) is 0. The number of nitrogens with two attached hydrogens (primary N) is 1. The standard InChI is InChI=1S/C21H14N2O4/c22-18-14(21(27)23-11-6-2-1-3-7-11)10-15(24)16-17(18)20(26)13-9-5-4-8-12(13)19(16)25/h1-10,24H,22H2,(H,23,27). The summed E-state index contributed by atoms with van der Waals surface area (Å²) in [5, 5.41) is 13.0. The van der Waals surface area contributed by atoms with Crippen LogP contribution in [0.15, 0.2) is 60.7 Å². The summed E-state index contributed by atoms with van der Waals surface area (Å²) in [6.45, 7) is 0. The normalized spacial score (nSPS) is 12.3. The van der Waals surface area contributed by atoms with Gasteiger partial charge in [-0.2, -0.15) is 0 Å². The number of phenolic OH excluding ortho intramolecular Hbond substituents is 1. The van der Waals surface area contributed by atoms with Crippen molar-refractivity contribution in [2.75, 3.05) is 11.1 Å². The molecule has 0 atom stereocenters. The average Bonchev–Trinajstić information content (AvgIpc) is 2.68. The van der Waals surface area contributed by atoms with E-state index in [-0.39, 0.29) is 33.5 Å². The number of anilines is 2. The zero-order valence-electron chi connectivity index (χ0n) is 14.0. The highest BCUT2D eigenvalue weighted by molar-refractivity contribution is 6.32. The number of hydrogen-bond donors (Lipinski definition) is 3. The van der Waals surface area contributed by atoms with Crippen molar-refractivity contribution < 1.29 is 19.5 Å². The van der Waals surface area contributed by atoms with Gasteiger partial charge in [0.05, 0.1) is 22.4 Å². The Bertz CT molecular complexity index is 1120. The number of rotatable bonds is 2. The second kappa shape index (κ2) is 6.10. The SMILES string of the molecule is Nc1c(C(=O)Nc2ccccc2)cc(O)c2c1C(=O)c1ccccc1C2=O. The van der Waals surface area contributed by atoms with Gasteiger partial charge in [0.1, 0.15) is 5.75 Å². The lowest BCUT2D eigenvalue weighted by Crippen LogP contribution is -2.25. The number of carbonyl (C=O) groups is 3. The summed E-state index contributed by atoms with van der Waals surface area (Å²) in [5.41, 5.74) is 6.50. The van der Waals surface area contributed by atoms with E-state index in [2.05, 4.69) is 5.32 Å². The molecule has 6 nitrogen and oxygen atoms in total. The van der Waals surface area contributed by atoms with Crippen molar-refractivity contribution in [3.8, 4) is 5.75 Å². The topological polar surface area (TPSA) is 109 Å². The van der Waals surface area contributed by atoms with Gasteiger partial charge in [-0.1, -0.05) is 42.5 Å². The number of nitrogens with one attached hydrogen (secondary N) is 1. The molecule has 132 valence electrons. The van der Waals surface area contributed by atoms with Crippen molar-refractivity contribution in [2.24, 2.45) is 0 Å². The largest absolute Gasteiger partial charge is 0.507 e. The zero-order valence-corrected chi connectivity index (χ0v) is 14.0. The summed E-state index contributed by atoms with van der Waals surface area (Å²) >= 11 is 0. The van der Waals surface area contributed by atoms with E-state index in [9.17, 15) is 19.5 Å². The van der Waals surface area contributed by atoms with Crippen LogP contribution in [0.4, 0.5) is 11.4 Å². The highest BCUT2D eigenvalue weighted by Crippen LogP contribution is 2.38. The van der Waals surface area contributed by atoms with Crippen molar-refractivity contribution >= 4 is 28.8 Å². The fourth-order valence-electron chi connectivity index (χ4n) is 3.21. The lowest BCUT2D eigenvalue weighted by molar-refractivity contribution is 0.0976. The van der Waals surface area contributed by atoms with Crippen LogP contribution in [-0.4, -0.2) is 22.6 Å². The third kappa shape index (κ3) is 2.55. The third-order valence-corrected chi connectivity index (χ3v) is 4.49. The monoisotopic (exact) mass is 358 g/mol. The molecule has 3 aromatic carbocycles. The van der Waals surface area contributed by atoms with Crippen molar-refractivity contribution in [3.05, 3.63) is 88.5 Å². The van der Waals surface area contributed by atoms with Crippen LogP contribution in [0, 0.1) is 0 Å². The Morgan fingerprint density at radius 2 is 1.41 bits per heavy atom. The summed E-state index contributed by atoms with van der Waals surface area (Å²) in [5.74, 6) is -2.04. The minimum Gasteiger partial charge on any atom is -0.507 e. The first-order chi connectivity index (χ1) is 13.0. The van der Waals surface area contributed by atoms with Gasteiger partial charge < -0.3 is 16.2 Å². The molecule has 0 unspecified atom stereocenters. The van der Waals surface area contributed by atoms with Gasteiger partial charge >= 0.3 is 0 Å². The van der Waals surface area contributed by atoms with Crippen LogP contribution >= 0.6 is 0 Å². The molecule has 3 aromatic rings. The smallest absolute Gasteiger partial charge is 0.257 e. The number of nitrogen functional groups attached to an aromatic ring is 1. The van der Waals surface area contributed by atoms with Crippen molar-refractivity contribution in [1.82, 2.24) is 0 Å². The van der Waals surface area contributed by atoms with Gasteiger partial charge in [-0.25, -0.2) is 0 Å². The molecule has 0 radical (unpaired) electrons. The number of benzene rings is 3. The highest BCUT2D eigenvalue weighted by atomic mass is 16.3. The number of hydrogen-bond acceptors (Lipinski definition) is 5. The van der Waals surface area contributed by atoms with Crippen molar-refractivity contribution in [1.29, 1.82) is 0 Å². The number of ketones is 2. The Kier molecular flexibility index (Phi) is 3.74. The van der Waals surface area contributed by atoms with Gasteiger partial charge in [-0.05, 0) is 18.2 Å². The molecule has 0 spiro atoms. The molecule has 0 aliphatic heterocycles. The molecule has 0 saturated heterocycles. The van der Waals surface area contributed by atoms with Crippen LogP contribution in [0.5, 0.6) is 5.75 Å². The van der Waals surface area contributed by atoms with Crippen LogP contribution in [0.1, 0.15) is 42.2 Å². The molecule has 0 heterocycles. The summed E-state index contributed by atoms with van der Waals surface area (Å²) in [6, 6.07) is 16.1. The average molecular weight is 358 g/mol. The van der Waals surface area contributed by atoms with Gasteiger partial charge in [0, 0.05) is 16.8 Å². The van der Waals surface area contributed by atoms with E-state index in [0.717, 1.165) is 6.07 Å². The second-order valence-corrected chi connectivity index (χ2v) is 6.13. The Labute approximate surface area is 154 Å². The minimum absolute atomic E-state index is 0.0735. The van der Waals surface area contributed by atoms with Crippen LogP contribution < -0.4 is 11.1 Å². The quantitative estimate of drug-likeness (QED) is 0.377. The third-order valence-electron chi connectivity index (χ3n) is 4.49. The Morgan fingerprint density at radius 3 is 2.04 bits per heavy atom. The van der Waals surface area contributed by atoms with E-state index >= 15 is 0 Å². The van der Waals surface area contributed by atoms with E-state index in [4.69, 9.17) is 5.73 Å². The van der Waals surface area contributed by atoms with Crippen LogP contribution in [0.3, 0.4) is 0 Å². The summed E-state index contributed by atoms with van der Waals surface area (Å²) in [4.78, 5) is 38.2. The fourth-order valence-corrected chi connectivity index (χ4v) is 3.21. The molecule has 4 N–H and O–H groups in total. The van der Waals surface area contributed by atoms with Gasteiger partial charge in [-0.15, -0.1) is 0 Å². The molecular formula is C21H14N2O4. The molecule has 1 aliphatic rings. The Hall–Kier alpha value is -3.93. The number of amides is 1. The van der Waals surface area contributed by atoms with E-state index in [1.54, 1.807) is 42.5 Å². The first-order valence-electron chi connectivity index (χ1n) is 8.19. The van der Waals surface area contributed by atoms with Crippen molar-refractivity contribution in [2.45, 2.75) is 0 Å². The lowest BCUT2D eigenvalue weighted by Gasteiger charge is -2.21. The second-order valence-electron chi connectivity index (χ2n) is 6.13. The van der Waals surface area contributed by atoms with Gasteiger partial charge in [0.15, 0.2) is 11.6 Å². The van der Waals surface area contributed by atoms with E-state index in [0.29, 0.717) is 5.69 Å². The molecule has 27 heavy (non-hydrogen) atoms. The van der Waals surface area contributed by atoms with Crippen LogP contribution in [-0.2, 0) is 0 Å². The van der Waals surface area contributed by atoms with Gasteiger partial charge in [0.2, 0.25) is 0 Å².